The largest absolute Gasteiger partial charge is 0.395 e. The second-order valence-corrected chi connectivity index (χ2v) is 8.29. The lowest BCUT2D eigenvalue weighted by atomic mass is 10.5. The predicted molar refractivity (Wildman–Crippen MR) is 96.0 cm³/mol. The van der Waals surface area contributed by atoms with Crippen LogP contribution in [0.2, 0.25) is 0 Å². The highest BCUT2D eigenvalue weighted by molar-refractivity contribution is 7.86. The molecule has 1 heterocycles. The van der Waals surface area contributed by atoms with Gasteiger partial charge in [0.15, 0.2) is 0 Å². The molecule has 0 spiro atoms. The Morgan fingerprint density at radius 2 is 1.19 bits per heavy atom. The fourth-order valence-corrected chi connectivity index (χ4v) is 2.52. The van der Waals surface area contributed by atoms with Crippen LogP contribution in [0.5, 0.6) is 0 Å². The topological polar surface area (TPSA) is 215 Å². The first kappa shape index (κ1) is 23.2. The van der Waals surface area contributed by atoms with Gasteiger partial charge in [-0.1, -0.05) is 0 Å². The molecular formula is C11H22N6O8S2. The molecule has 0 radical (unpaired) electrons. The molecule has 27 heavy (non-hydrogen) atoms. The summed E-state index contributed by atoms with van der Waals surface area (Å²) in [5, 5.41) is 23.4. The number of aliphatic hydroxyl groups excluding tert-OH is 2. The molecule has 0 fully saturated rings. The van der Waals surface area contributed by atoms with Gasteiger partial charge in [-0.2, -0.15) is 31.8 Å². The number of aromatic nitrogens is 3. The van der Waals surface area contributed by atoms with Gasteiger partial charge in [-0.25, -0.2) is 0 Å². The maximum absolute atomic E-state index is 10.8. The average Bonchev–Trinajstić information content (AvgIpc) is 2.52. The molecule has 6 N–H and O–H groups in total. The van der Waals surface area contributed by atoms with E-state index in [0.29, 0.717) is 0 Å². The number of nitrogens with zero attached hydrogens (tertiary/aromatic N) is 4. The monoisotopic (exact) mass is 430 g/mol. The molecule has 156 valence electrons. The van der Waals surface area contributed by atoms with E-state index in [0.717, 1.165) is 0 Å². The Morgan fingerprint density at radius 1 is 0.778 bits per heavy atom. The summed E-state index contributed by atoms with van der Waals surface area (Å²) in [6.45, 7) is -0.788. The lowest BCUT2D eigenvalue weighted by molar-refractivity contribution is 0.280. The molecule has 0 bridgehead atoms. The molecule has 0 aliphatic carbocycles. The standard InChI is InChI=1S/C11H22N6O8S2/c18-5-3-17(4-6-19)11-15-9(12-1-7-26(20,21)22)14-10(16-11)13-2-8-27(23,24)25/h18-19H,1-8H2,(H,20,21,22)(H,23,24,25)(H2,12,13,14,15,16). The van der Waals surface area contributed by atoms with Crippen molar-refractivity contribution < 1.29 is 36.2 Å². The summed E-state index contributed by atoms with van der Waals surface area (Å²) in [5.41, 5.74) is 0. The summed E-state index contributed by atoms with van der Waals surface area (Å²) >= 11 is 0. The maximum atomic E-state index is 10.8. The average molecular weight is 430 g/mol. The second-order valence-electron chi connectivity index (χ2n) is 5.14. The SMILES string of the molecule is O=S(=O)(O)CCNc1nc(NCCS(=O)(=O)O)nc(N(CCO)CCO)n1. The Bertz CT molecular complexity index is 741. The Hall–Kier alpha value is -1.85. The fourth-order valence-electron chi connectivity index (χ4n) is 1.80. The van der Waals surface area contributed by atoms with Gasteiger partial charge in [0.2, 0.25) is 17.8 Å². The van der Waals surface area contributed by atoms with Gasteiger partial charge in [0, 0.05) is 26.2 Å². The van der Waals surface area contributed by atoms with E-state index in [1.807, 2.05) is 0 Å². The minimum absolute atomic E-state index is 0.0248. The number of anilines is 3. The first-order valence-electron chi connectivity index (χ1n) is 7.65. The van der Waals surface area contributed by atoms with Crippen LogP contribution in [0.3, 0.4) is 0 Å². The van der Waals surface area contributed by atoms with Crippen LogP contribution in [-0.2, 0) is 20.2 Å². The van der Waals surface area contributed by atoms with Gasteiger partial charge in [-0.05, 0) is 0 Å². The van der Waals surface area contributed by atoms with Crippen molar-refractivity contribution in [3.05, 3.63) is 0 Å². The van der Waals surface area contributed by atoms with Gasteiger partial charge in [0.25, 0.3) is 20.2 Å². The zero-order valence-corrected chi connectivity index (χ0v) is 15.8. The predicted octanol–water partition coefficient (Wildman–Crippen LogP) is -2.74. The van der Waals surface area contributed by atoms with Gasteiger partial charge in [0.05, 0.1) is 24.7 Å². The Labute approximate surface area is 156 Å². The third-order valence-corrected chi connectivity index (χ3v) is 4.37. The van der Waals surface area contributed by atoms with Gasteiger partial charge in [0.1, 0.15) is 0 Å². The van der Waals surface area contributed by atoms with Crippen LogP contribution in [0, 0.1) is 0 Å². The Kier molecular flexibility index (Phi) is 9.00. The smallest absolute Gasteiger partial charge is 0.266 e. The molecule has 0 aliphatic rings. The van der Waals surface area contributed by atoms with Gasteiger partial charge >= 0.3 is 0 Å². The highest BCUT2D eigenvalue weighted by atomic mass is 32.2. The molecule has 1 rings (SSSR count). The number of rotatable bonds is 13. The molecule has 0 amide bonds. The third-order valence-electron chi connectivity index (χ3n) is 2.93. The molecule has 0 unspecified atom stereocenters. The zero-order valence-electron chi connectivity index (χ0n) is 14.2. The van der Waals surface area contributed by atoms with Crippen molar-refractivity contribution in [3.63, 3.8) is 0 Å². The Morgan fingerprint density at radius 3 is 1.52 bits per heavy atom. The van der Waals surface area contributed by atoms with Gasteiger partial charge in [-0.15, -0.1) is 0 Å². The van der Waals surface area contributed by atoms with Crippen molar-refractivity contribution in [3.8, 4) is 0 Å². The highest BCUT2D eigenvalue weighted by Crippen LogP contribution is 2.13. The minimum Gasteiger partial charge on any atom is -0.395 e. The summed E-state index contributed by atoms with van der Waals surface area (Å²) < 4.78 is 60.6. The van der Waals surface area contributed by atoms with Crippen LogP contribution in [0.1, 0.15) is 0 Å². The molecule has 0 saturated carbocycles. The zero-order chi connectivity index (χ0) is 20.5. The number of nitrogens with one attached hydrogen (secondary N) is 2. The lowest BCUT2D eigenvalue weighted by Crippen LogP contribution is -2.32. The number of aliphatic hydroxyl groups is 2. The minimum atomic E-state index is -4.20. The molecule has 0 atom stereocenters. The van der Waals surface area contributed by atoms with E-state index >= 15 is 0 Å². The first-order chi connectivity index (χ1) is 12.5. The summed E-state index contributed by atoms with van der Waals surface area (Å²) in [4.78, 5) is 13.4. The lowest BCUT2D eigenvalue weighted by Gasteiger charge is -2.21. The summed E-state index contributed by atoms with van der Waals surface area (Å²) in [6.07, 6.45) is 0. The van der Waals surface area contributed by atoms with Crippen molar-refractivity contribution in [2.24, 2.45) is 0 Å². The van der Waals surface area contributed by atoms with Crippen LogP contribution in [0.4, 0.5) is 17.8 Å². The van der Waals surface area contributed by atoms with Crippen LogP contribution in [-0.4, -0.2) is 102 Å². The van der Waals surface area contributed by atoms with Crippen LogP contribution < -0.4 is 15.5 Å². The first-order valence-corrected chi connectivity index (χ1v) is 10.9. The number of hydrogen-bond acceptors (Lipinski definition) is 12. The number of hydrogen-bond donors (Lipinski definition) is 6. The van der Waals surface area contributed by atoms with Crippen LogP contribution in [0.15, 0.2) is 0 Å². The van der Waals surface area contributed by atoms with Crippen LogP contribution in [0.25, 0.3) is 0 Å². The summed E-state index contributed by atoms with van der Waals surface area (Å²) in [7, 11) is -8.40. The maximum Gasteiger partial charge on any atom is 0.266 e. The molecule has 1 aromatic heterocycles. The molecule has 0 aromatic carbocycles. The van der Waals surface area contributed by atoms with Gasteiger partial charge < -0.3 is 25.7 Å². The molecule has 14 nitrogen and oxygen atoms in total. The Balaban J connectivity index is 3.01. The van der Waals surface area contributed by atoms with Crippen molar-refractivity contribution >= 4 is 38.1 Å². The molecular weight excluding hydrogens is 408 g/mol. The van der Waals surface area contributed by atoms with Crippen molar-refractivity contribution in [1.29, 1.82) is 0 Å². The molecule has 0 aliphatic heterocycles. The third kappa shape index (κ3) is 10.2. The highest BCUT2D eigenvalue weighted by Gasteiger charge is 2.14. The summed E-state index contributed by atoms with van der Waals surface area (Å²) in [5.74, 6) is -1.35. The fraction of sp³-hybridized carbons (Fsp3) is 0.727. The molecule has 16 heteroatoms. The van der Waals surface area contributed by atoms with E-state index in [1.54, 1.807) is 0 Å². The van der Waals surface area contributed by atoms with Crippen molar-refractivity contribution in [1.82, 2.24) is 15.0 Å². The van der Waals surface area contributed by atoms with E-state index in [9.17, 15) is 16.8 Å². The van der Waals surface area contributed by atoms with E-state index in [4.69, 9.17) is 19.3 Å². The van der Waals surface area contributed by atoms with Gasteiger partial charge in [-0.3, -0.25) is 9.11 Å². The van der Waals surface area contributed by atoms with Crippen molar-refractivity contribution in [2.75, 3.05) is 66.4 Å². The van der Waals surface area contributed by atoms with Crippen LogP contribution >= 0.6 is 0 Å². The normalized spacial score (nSPS) is 12.0. The van der Waals surface area contributed by atoms with E-state index < -0.39 is 31.7 Å². The molecule has 0 saturated heterocycles. The van der Waals surface area contributed by atoms with E-state index in [2.05, 4.69) is 25.6 Å². The second kappa shape index (κ2) is 10.5. The van der Waals surface area contributed by atoms with E-state index in [1.165, 1.54) is 4.90 Å². The quantitative estimate of drug-likeness (QED) is 0.175. The summed E-state index contributed by atoms with van der Waals surface area (Å²) in [6, 6.07) is 0. The van der Waals surface area contributed by atoms with Crippen molar-refractivity contribution in [2.45, 2.75) is 0 Å². The van der Waals surface area contributed by atoms with E-state index in [-0.39, 0.29) is 57.2 Å². The molecule has 1 aromatic rings.